The van der Waals surface area contributed by atoms with E-state index in [-0.39, 0.29) is 18.3 Å². The van der Waals surface area contributed by atoms with E-state index in [1.54, 1.807) is 24.5 Å². The van der Waals surface area contributed by atoms with E-state index in [2.05, 4.69) is 10.3 Å². The zero-order valence-electron chi connectivity index (χ0n) is 12.4. The van der Waals surface area contributed by atoms with Gasteiger partial charge in [-0.05, 0) is 35.4 Å². The van der Waals surface area contributed by atoms with E-state index in [1.807, 2.05) is 30.2 Å². The summed E-state index contributed by atoms with van der Waals surface area (Å²) in [7, 11) is 0. The first-order chi connectivity index (χ1) is 10.8. The van der Waals surface area contributed by atoms with Crippen LogP contribution in [0.3, 0.4) is 0 Å². The van der Waals surface area contributed by atoms with Crippen molar-refractivity contribution in [2.45, 2.75) is 0 Å². The molecule has 3 rings (SSSR count). The first-order valence-corrected chi connectivity index (χ1v) is 7.06. The maximum absolute atomic E-state index is 12.5. The van der Waals surface area contributed by atoms with Gasteiger partial charge in [0, 0.05) is 37.6 Å². The molecule has 1 saturated heterocycles. The third kappa shape index (κ3) is 3.66. The van der Waals surface area contributed by atoms with Crippen molar-refractivity contribution < 1.29 is 9.59 Å². The number of carbonyl (C=O) groups excluding carboxylic acids is 2. The summed E-state index contributed by atoms with van der Waals surface area (Å²) in [4.78, 5) is 28.9. The molecule has 0 aliphatic carbocycles. The Morgan fingerprint density at radius 3 is 2.39 bits per heavy atom. The van der Waals surface area contributed by atoms with Crippen LogP contribution >= 0.6 is 12.4 Å². The lowest BCUT2D eigenvalue weighted by molar-refractivity contribution is 0.0791. The van der Waals surface area contributed by atoms with Gasteiger partial charge in [-0.3, -0.25) is 14.7 Å². The van der Waals surface area contributed by atoms with Crippen LogP contribution < -0.4 is 5.32 Å². The predicted molar refractivity (Wildman–Crippen MR) is 90.0 cm³/mol. The van der Waals surface area contributed by atoms with Gasteiger partial charge in [-0.25, -0.2) is 4.79 Å². The monoisotopic (exact) mass is 329 g/mol. The van der Waals surface area contributed by atoms with Crippen molar-refractivity contribution in [2.75, 3.05) is 19.6 Å². The second-order valence-electron chi connectivity index (χ2n) is 5.00. The van der Waals surface area contributed by atoms with Gasteiger partial charge in [0.1, 0.15) is 11.6 Å². The van der Waals surface area contributed by atoms with E-state index >= 15 is 0 Å². The molecule has 1 aliphatic rings. The van der Waals surface area contributed by atoms with Gasteiger partial charge in [0.15, 0.2) is 0 Å². The molecule has 5 nitrogen and oxygen atoms in total. The number of hydrogen-bond donors (Lipinski definition) is 1. The number of halogens is 1. The molecule has 0 saturated carbocycles. The Balaban J connectivity index is 0.00000192. The van der Waals surface area contributed by atoms with Gasteiger partial charge in [0.25, 0.3) is 5.91 Å². The minimum Gasteiger partial charge on any atom is -0.309 e. The standard InChI is InChI=1S/C17H15N3O2.ClH/c21-12-16-11-19-9-10-20(16)17(22)15-3-1-13(2-4-15)14-5-7-18-8-6-14;/h1-8,19H,9-11H2;1H. The molecular weight excluding hydrogens is 314 g/mol. The molecule has 1 aliphatic heterocycles. The lowest BCUT2D eigenvalue weighted by atomic mass is 10.0. The Morgan fingerprint density at radius 2 is 1.74 bits per heavy atom. The molecule has 6 heteroatoms. The summed E-state index contributed by atoms with van der Waals surface area (Å²) < 4.78 is 0. The van der Waals surface area contributed by atoms with Crippen LogP contribution in [0.1, 0.15) is 10.4 Å². The SMILES string of the molecule is Cl.O=C=C1CNCCN1C(=O)c1ccc(-c2ccncc2)cc1. The minimum absolute atomic E-state index is 0. The number of nitrogens with zero attached hydrogens (tertiary/aromatic N) is 2. The number of rotatable bonds is 2. The van der Waals surface area contributed by atoms with Crippen molar-refractivity contribution >= 4 is 24.3 Å². The number of benzene rings is 1. The Labute approximate surface area is 140 Å². The van der Waals surface area contributed by atoms with E-state index in [0.717, 1.165) is 11.1 Å². The number of amides is 1. The third-order valence-electron chi connectivity index (χ3n) is 3.64. The highest BCUT2D eigenvalue weighted by Crippen LogP contribution is 2.20. The van der Waals surface area contributed by atoms with Gasteiger partial charge < -0.3 is 5.32 Å². The highest BCUT2D eigenvalue weighted by Gasteiger charge is 2.23. The number of piperazine rings is 1. The summed E-state index contributed by atoms with van der Waals surface area (Å²) in [5.41, 5.74) is 2.98. The maximum atomic E-state index is 12.5. The average Bonchev–Trinajstić information content (AvgIpc) is 2.62. The van der Waals surface area contributed by atoms with Crippen molar-refractivity contribution in [3.8, 4) is 11.1 Å². The molecule has 0 spiro atoms. The number of pyridine rings is 1. The predicted octanol–water partition coefficient (Wildman–Crippen LogP) is 1.93. The second-order valence-corrected chi connectivity index (χ2v) is 5.00. The summed E-state index contributed by atoms with van der Waals surface area (Å²) in [6.45, 7) is 1.53. The van der Waals surface area contributed by atoms with Crippen LogP contribution in [0.5, 0.6) is 0 Å². The largest absolute Gasteiger partial charge is 0.309 e. The van der Waals surface area contributed by atoms with Gasteiger partial charge in [-0.2, -0.15) is 0 Å². The molecule has 0 radical (unpaired) electrons. The van der Waals surface area contributed by atoms with Gasteiger partial charge in [-0.1, -0.05) is 12.1 Å². The zero-order chi connectivity index (χ0) is 15.4. The minimum atomic E-state index is -0.166. The van der Waals surface area contributed by atoms with Gasteiger partial charge in [0.2, 0.25) is 0 Å². The molecule has 0 atom stereocenters. The molecule has 0 bridgehead atoms. The Morgan fingerprint density at radius 1 is 1.09 bits per heavy atom. The van der Waals surface area contributed by atoms with Crippen molar-refractivity contribution in [2.24, 2.45) is 0 Å². The molecular formula is C17H16ClN3O2. The van der Waals surface area contributed by atoms with Crippen molar-refractivity contribution in [1.29, 1.82) is 0 Å². The lowest BCUT2D eigenvalue weighted by Gasteiger charge is -2.27. The van der Waals surface area contributed by atoms with Crippen LogP contribution in [-0.4, -0.2) is 41.4 Å². The van der Waals surface area contributed by atoms with Crippen LogP contribution in [0.15, 0.2) is 54.5 Å². The Bertz CT molecular complexity index is 725. The van der Waals surface area contributed by atoms with Crippen LogP contribution in [-0.2, 0) is 4.79 Å². The van der Waals surface area contributed by atoms with E-state index in [9.17, 15) is 9.59 Å². The highest BCUT2D eigenvalue weighted by molar-refractivity contribution is 5.96. The molecule has 1 aromatic heterocycles. The lowest BCUT2D eigenvalue weighted by Crippen LogP contribution is -2.45. The molecule has 1 amide bonds. The fourth-order valence-electron chi connectivity index (χ4n) is 2.45. The summed E-state index contributed by atoms with van der Waals surface area (Å²) in [5, 5.41) is 3.05. The zero-order valence-corrected chi connectivity index (χ0v) is 13.2. The average molecular weight is 330 g/mol. The third-order valence-corrected chi connectivity index (χ3v) is 3.64. The Kier molecular flexibility index (Phi) is 5.66. The van der Waals surface area contributed by atoms with Gasteiger partial charge in [-0.15, -0.1) is 12.4 Å². The topological polar surface area (TPSA) is 62.3 Å². The first-order valence-electron chi connectivity index (χ1n) is 7.06. The van der Waals surface area contributed by atoms with Gasteiger partial charge in [0.05, 0.1) is 0 Å². The molecule has 118 valence electrons. The van der Waals surface area contributed by atoms with Crippen LogP contribution in [0.25, 0.3) is 11.1 Å². The van der Waals surface area contributed by atoms with E-state index < -0.39 is 0 Å². The number of carbonyl (C=O) groups is 1. The molecule has 1 fully saturated rings. The molecule has 0 unspecified atom stereocenters. The van der Waals surface area contributed by atoms with Crippen LogP contribution in [0.4, 0.5) is 0 Å². The smallest absolute Gasteiger partial charge is 0.258 e. The maximum Gasteiger partial charge on any atom is 0.258 e. The molecule has 2 aromatic rings. The van der Waals surface area contributed by atoms with Crippen LogP contribution in [0, 0.1) is 0 Å². The number of aromatic nitrogens is 1. The normalized spacial score (nSPS) is 13.9. The fourth-order valence-corrected chi connectivity index (χ4v) is 2.45. The summed E-state index contributed by atoms with van der Waals surface area (Å²) in [5.74, 6) is 1.68. The molecule has 1 aromatic carbocycles. The summed E-state index contributed by atoms with van der Waals surface area (Å²) >= 11 is 0. The van der Waals surface area contributed by atoms with Crippen molar-refractivity contribution in [1.82, 2.24) is 15.2 Å². The van der Waals surface area contributed by atoms with E-state index in [0.29, 0.717) is 30.9 Å². The van der Waals surface area contributed by atoms with Crippen LogP contribution in [0.2, 0.25) is 0 Å². The van der Waals surface area contributed by atoms with E-state index in [1.165, 1.54) is 4.90 Å². The van der Waals surface area contributed by atoms with Gasteiger partial charge >= 0.3 is 0 Å². The molecule has 2 heterocycles. The Hall–Kier alpha value is -2.46. The second kappa shape index (κ2) is 7.70. The number of nitrogens with one attached hydrogen (secondary N) is 1. The van der Waals surface area contributed by atoms with E-state index in [4.69, 9.17) is 0 Å². The summed E-state index contributed by atoms with van der Waals surface area (Å²) in [6, 6.07) is 11.2. The van der Waals surface area contributed by atoms with Crippen molar-refractivity contribution in [3.05, 3.63) is 60.1 Å². The summed E-state index contributed by atoms with van der Waals surface area (Å²) in [6.07, 6.45) is 3.46. The molecule has 1 N–H and O–H groups in total. The fraction of sp³-hybridized carbons (Fsp3) is 0.176. The molecule has 23 heavy (non-hydrogen) atoms. The number of hydrogen-bond acceptors (Lipinski definition) is 4. The quantitative estimate of drug-likeness (QED) is 0.855. The van der Waals surface area contributed by atoms with Crippen molar-refractivity contribution in [3.63, 3.8) is 0 Å². The highest BCUT2D eigenvalue weighted by atomic mass is 35.5. The first kappa shape index (κ1) is 16.9.